The van der Waals surface area contributed by atoms with Gasteiger partial charge in [0.2, 0.25) is 5.91 Å². The van der Waals surface area contributed by atoms with Crippen molar-refractivity contribution >= 4 is 46.3 Å². The second-order valence-electron chi connectivity index (χ2n) is 4.55. The van der Waals surface area contributed by atoms with Crippen LogP contribution in [0.1, 0.15) is 19.4 Å². The molecule has 0 aliphatic rings. The highest BCUT2D eigenvalue weighted by Crippen LogP contribution is 2.22. The Labute approximate surface area is 138 Å². The molecule has 0 fully saturated rings. The Morgan fingerprint density at radius 3 is 2.68 bits per heavy atom. The van der Waals surface area contributed by atoms with Crippen molar-refractivity contribution in [2.75, 3.05) is 10.7 Å². The van der Waals surface area contributed by atoms with Gasteiger partial charge in [0.1, 0.15) is 0 Å². The number of amides is 1. The molecule has 1 heterocycles. The molecule has 0 spiro atoms. The molecule has 1 amide bonds. The van der Waals surface area contributed by atoms with Crippen molar-refractivity contribution in [1.29, 1.82) is 0 Å². The van der Waals surface area contributed by atoms with E-state index in [0.29, 0.717) is 21.6 Å². The number of hydrazone groups is 1. The molecule has 1 aromatic carbocycles. The summed E-state index contributed by atoms with van der Waals surface area (Å²) in [6.45, 7) is 3.30. The average molecular weight is 337 g/mol. The third-order valence-electron chi connectivity index (χ3n) is 2.74. The van der Waals surface area contributed by atoms with Gasteiger partial charge in [-0.25, -0.2) is 4.98 Å². The Morgan fingerprint density at radius 1 is 1.23 bits per heavy atom. The third kappa shape index (κ3) is 4.44. The van der Waals surface area contributed by atoms with Crippen molar-refractivity contribution in [3.05, 3.63) is 52.1 Å². The third-order valence-corrected chi connectivity index (χ3v) is 3.23. The zero-order valence-corrected chi connectivity index (χ0v) is 13.5. The first-order chi connectivity index (χ1) is 10.5. The predicted molar refractivity (Wildman–Crippen MR) is 90.8 cm³/mol. The zero-order valence-electron chi connectivity index (χ0n) is 12.0. The van der Waals surface area contributed by atoms with Crippen LogP contribution in [0.15, 0.2) is 41.6 Å². The van der Waals surface area contributed by atoms with Gasteiger partial charge in [-0.1, -0.05) is 35.3 Å². The quantitative estimate of drug-likeness (QED) is 0.650. The smallest absolute Gasteiger partial charge is 0.221 e. The van der Waals surface area contributed by atoms with Crippen LogP contribution in [0.4, 0.5) is 11.5 Å². The number of nitrogens with one attached hydrogen (secondary N) is 2. The minimum Gasteiger partial charge on any atom is -0.326 e. The highest BCUT2D eigenvalue weighted by molar-refractivity contribution is 6.35. The first-order valence-corrected chi connectivity index (χ1v) is 7.20. The van der Waals surface area contributed by atoms with Crippen LogP contribution in [0, 0.1) is 0 Å². The summed E-state index contributed by atoms with van der Waals surface area (Å²) in [7, 11) is 0. The number of carbonyl (C=O) groups is 1. The summed E-state index contributed by atoms with van der Waals surface area (Å²) in [4.78, 5) is 15.1. The number of pyridine rings is 1. The van der Waals surface area contributed by atoms with Crippen LogP contribution in [0.5, 0.6) is 0 Å². The molecule has 0 atom stereocenters. The summed E-state index contributed by atoms with van der Waals surface area (Å²) in [6.07, 6.45) is 1.48. The Balaban J connectivity index is 2.16. The number of hydrogen-bond acceptors (Lipinski definition) is 4. The van der Waals surface area contributed by atoms with E-state index in [1.807, 2.05) is 31.2 Å². The maximum atomic E-state index is 11.1. The number of hydrogen-bond donors (Lipinski definition) is 2. The Kier molecular flexibility index (Phi) is 5.35. The Bertz CT molecular complexity index is 731. The van der Waals surface area contributed by atoms with Crippen LogP contribution >= 0.6 is 23.2 Å². The van der Waals surface area contributed by atoms with E-state index in [1.54, 1.807) is 6.07 Å². The standard InChI is InChI=1S/C15H14Cl2N4O/c1-9(11-4-3-5-13(6-11)19-10(2)22)20-21-15-14(17)7-12(16)8-18-15/h3-8H,1-2H3,(H,18,21)(H,19,22)/b20-9-. The van der Waals surface area contributed by atoms with Gasteiger partial charge < -0.3 is 5.32 Å². The molecular weight excluding hydrogens is 323 g/mol. The Morgan fingerprint density at radius 2 is 2.00 bits per heavy atom. The van der Waals surface area contributed by atoms with E-state index in [9.17, 15) is 4.79 Å². The number of carbonyl (C=O) groups excluding carboxylic acids is 1. The van der Waals surface area contributed by atoms with Gasteiger partial charge in [-0.15, -0.1) is 0 Å². The lowest BCUT2D eigenvalue weighted by Gasteiger charge is -2.07. The molecule has 2 aromatic rings. The number of aromatic nitrogens is 1. The molecule has 114 valence electrons. The molecule has 0 aliphatic carbocycles. The lowest BCUT2D eigenvalue weighted by molar-refractivity contribution is -0.114. The van der Waals surface area contributed by atoms with Gasteiger partial charge in [0, 0.05) is 18.8 Å². The van der Waals surface area contributed by atoms with Crippen LogP contribution in [-0.2, 0) is 4.79 Å². The van der Waals surface area contributed by atoms with Crippen molar-refractivity contribution in [3.63, 3.8) is 0 Å². The van der Waals surface area contributed by atoms with E-state index in [2.05, 4.69) is 20.8 Å². The van der Waals surface area contributed by atoms with Crippen molar-refractivity contribution < 1.29 is 4.79 Å². The second kappa shape index (κ2) is 7.24. The van der Waals surface area contributed by atoms with E-state index in [-0.39, 0.29) is 5.91 Å². The molecule has 1 aromatic heterocycles. The second-order valence-corrected chi connectivity index (χ2v) is 5.40. The van der Waals surface area contributed by atoms with Crippen LogP contribution in [0.3, 0.4) is 0 Å². The Hall–Kier alpha value is -2.11. The molecule has 0 saturated carbocycles. The van der Waals surface area contributed by atoms with Crippen molar-refractivity contribution in [2.45, 2.75) is 13.8 Å². The van der Waals surface area contributed by atoms with Gasteiger partial charge in [-0.3, -0.25) is 10.2 Å². The fourth-order valence-electron chi connectivity index (χ4n) is 1.72. The van der Waals surface area contributed by atoms with E-state index in [0.717, 1.165) is 11.3 Å². The number of nitrogens with zero attached hydrogens (tertiary/aromatic N) is 2. The van der Waals surface area contributed by atoms with E-state index >= 15 is 0 Å². The first kappa shape index (κ1) is 16.3. The van der Waals surface area contributed by atoms with Gasteiger partial charge in [-0.05, 0) is 30.7 Å². The molecule has 0 unspecified atom stereocenters. The normalized spacial score (nSPS) is 11.2. The van der Waals surface area contributed by atoms with Crippen molar-refractivity contribution in [1.82, 2.24) is 4.98 Å². The molecular formula is C15H14Cl2N4O. The summed E-state index contributed by atoms with van der Waals surface area (Å²) in [5.41, 5.74) is 5.09. The lowest BCUT2D eigenvalue weighted by atomic mass is 10.1. The number of rotatable bonds is 4. The highest BCUT2D eigenvalue weighted by Gasteiger charge is 2.04. The molecule has 2 rings (SSSR count). The molecule has 7 heteroatoms. The van der Waals surface area contributed by atoms with E-state index in [4.69, 9.17) is 23.2 Å². The van der Waals surface area contributed by atoms with Gasteiger partial charge in [-0.2, -0.15) is 5.10 Å². The molecule has 2 N–H and O–H groups in total. The van der Waals surface area contributed by atoms with Crippen molar-refractivity contribution in [2.24, 2.45) is 5.10 Å². The number of halogens is 2. The summed E-state index contributed by atoms with van der Waals surface area (Å²) in [5.74, 6) is 0.297. The minimum atomic E-state index is -0.123. The SMILES string of the molecule is CC(=O)Nc1cccc(/C(C)=N\Nc2ncc(Cl)cc2Cl)c1. The molecule has 0 aliphatic heterocycles. The summed E-state index contributed by atoms with van der Waals surface area (Å²) in [5, 5.41) is 7.81. The van der Waals surface area contributed by atoms with Gasteiger partial charge in [0.15, 0.2) is 5.82 Å². The van der Waals surface area contributed by atoms with Crippen LogP contribution in [-0.4, -0.2) is 16.6 Å². The minimum absolute atomic E-state index is 0.123. The summed E-state index contributed by atoms with van der Waals surface area (Å²) < 4.78 is 0. The number of anilines is 2. The summed E-state index contributed by atoms with van der Waals surface area (Å²) >= 11 is 11.8. The van der Waals surface area contributed by atoms with E-state index < -0.39 is 0 Å². The molecule has 0 radical (unpaired) electrons. The van der Waals surface area contributed by atoms with Crippen molar-refractivity contribution in [3.8, 4) is 0 Å². The summed E-state index contributed by atoms with van der Waals surface area (Å²) in [6, 6.07) is 8.96. The van der Waals surface area contributed by atoms with Gasteiger partial charge in [0.25, 0.3) is 0 Å². The zero-order chi connectivity index (χ0) is 16.1. The maximum absolute atomic E-state index is 11.1. The van der Waals surface area contributed by atoms with E-state index in [1.165, 1.54) is 13.1 Å². The molecule has 22 heavy (non-hydrogen) atoms. The fourth-order valence-corrected chi connectivity index (χ4v) is 2.15. The monoisotopic (exact) mass is 336 g/mol. The topological polar surface area (TPSA) is 66.4 Å². The van der Waals surface area contributed by atoms with Crippen LogP contribution in [0.25, 0.3) is 0 Å². The largest absolute Gasteiger partial charge is 0.326 e. The molecule has 5 nitrogen and oxygen atoms in total. The lowest BCUT2D eigenvalue weighted by Crippen LogP contribution is -2.07. The fraction of sp³-hybridized carbons (Fsp3) is 0.133. The number of benzene rings is 1. The maximum Gasteiger partial charge on any atom is 0.221 e. The first-order valence-electron chi connectivity index (χ1n) is 6.45. The predicted octanol–water partition coefficient (Wildman–Crippen LogP) is 4.18. The van der Waals surface area contributed by atoms with Crippen LogP contribution < -0.4 is 10.7 Å². The molecule has 0 saturated heterocycles. The van der Waals surface area contributed by atoms with Gasteiger partial charge >= 0.3 is 0 Å². The molecule has 0 bridgehead atoms. The van der Waals surface area contributed by atoms with Gasteiger partial charge in [0.05, 0.1) is 15.8 Å². The van der Waals surface area contributed by atoms with Crippen LogP contribution in [0.2, 0.25) is 10.0 Å². The highest BCUT2D eigenvalue weighted by atomic mass is 35.5. The average Bonchev–Trinajstić information content (AvgIpc) is 2.45.